The molecular weight excluding hydrogens is 361 g/mol. The second kappa shape index (κ2) is 9.20. The molecule has 0 aliphatic carbocycles. The van der Waals surface area contributed by atoms with Crippen LogP contribution in [0.3, 0.4) is 0 Å². The van der Waals surface area contributed by atoms with Crippen molar-refractivity contribution in [3.05, 3.63) is 76.0 Å². The molecule has 1 aromatic carbocycles. The van der Waals surface area contributed by atoms with E-state index >= 15 is 0 Å². The Bertz CT molecular complexity index is 794. The molecule has 2 amide bonds. The molecule has 0 saturated carbocycles. The molecule has 2 aromatic rings. The number of nitrogens with one attached hydrogen (secondary N) is 2. The largest absolute Gasteiger partial charge is 0.350 e. The number of nitrogens with zero attached hydrogens (tertiary/aromatic N) is 1. The average Bonchev–Trinajstić information content (AvgIpc) is 2.61. The maximum absolute atomic E-state index is 12.2. The standard InChI is InChI=1S/C18H17Cl2N3O2/c1-2-9-21-17(24)15-4-3-5-16(23-15)18(25)22-10-8-12-6-7-13(19)11-14(12)20/h2-7,11H,1,8-10H2,(H,21,24)(H,22,25). The van der Waals surface area contributed by atoms with Gasteiger partial charge in [0.25, 0.3) is 11.8 Å². The normalized spacial score (nSPS) is 10.2. The highest BCUT2D eigenvalue weighted by Gasteiger charge is 2.12. The number of aromatic nitrogens is 1. The zero-order valence-electron chi connectivity index (χ0n) is 13.4. The fourth-order valence-corrected chi connectivity index (χ4v) is 2.57. The highest BCUT2D eigenvalue weighted by atomic mass is 35.5. The Kier molecular flexibility index (Phi) is 6.98. The molecule has 0 saturated heterocycles. The van der Waals surface area contributed by atoms with Gasteiger partial charge in [-0.15, -0.1) is 6.58 Å². The summed E-state index contributed by atoms with van der Waals surface area (Å²) in [6, 6.07) is 9.93. The quantitative estimate of drug-likeness (QED) is 0.727. The van der Waals surface area contributed by atoms with Crippen molar-refractivity contribution in [3.63, 3.8) is 0 Å². The first kappa shape index (κ1) is 19.0. The molecule has 0 aliphatic rings. The van der Waals surface area contributed by atoms with Crippen LogP contribution in [0.15, 0.2) is 49.1 Å². The van der Waals surface area contributed by atoms with Crippen molar-refractivity contribution in [2.45, 2.75) is 6.42 Å². The first-order valence-corrected chi connectivity index (χ1v) is 8.35. The number of carbonyl (C=O) groups excluding carboxylic acids is 2. The number of benzene rings is 1. The monoisotopic (exact) mass is 377 g/mol. The van der Waals surface area contributed by atoms with Crippen molar-refractivity contribution < 1.29 is 9.59 Å². The van der Waals surface area contributed by atoms with E-state index in [-0.39, 0.29) is 23.2 Å². The van der Waals surface area contributed by atoms with Gasteiger partial charge in [0.1, 0.15) is 11.4 Å². The highest BCUT2D eigenvalue weighted by Crippen LogP contribution is 2.21. The minimum atomic E-state index is -0.359. The number of carbonyl (C=O) groups is 2. The lowest BCUT2D eigenvalue weighted by Gasteiger charge is -2.08. The maximum Gasteiger partial charge on any atom is 0.270 e. The first-order chi connectivity index (χ1) is 12.0. The summed E-state index contributed by atoms with van der Waals surface area (Å²) in [5, 5.41) is 6.49. The van der Waals surface area contributed by atoms with Crippen molar-refractivity contribution in [3.8, 4) is 0 Å². The van der Waals surface area contributed by atoms with E-state index in [1.807, 2.05) is 6.07 Å². The molecule has 130 valence electrons. The summed E-state index contributed by atoms with van der Waals surface area (Å²) >= 11 is 12.0. The van der Waals surface area contributed by atoms with E-state index in [4.69, 9.17) is 23.2 Å². The minimum Gasteiger partial charge on any atom is -0.350 e. The van der Waals surface area contributed by atoms with Crippen LogP contribution in [0.25, 0.3) is 0 Å². The van der Waals surface area contributed by atoms with Gasteiger partial charge in [-0.1, -0.05) is 41.4 Å². The summed E-state index contributed by atoms with van der Waals surface area (Å²) < 4.78 is 0. The number of pyridine rings is 1. The molecule has 2 rings (SSSR count). The number of hydrogen-bond acceptors (Lipinski definition) is 3. The van der Waals surface area contributed by atoms with E-state index in [1.54, 1.807) is 36.4 Å². The molecule has 0 fully saturated rings. The van der Waals surface area contributed by atoms with Crippen LogP contribution in [0, 0.1) is 0 Å². The summed E-state index contributed by atoms with van der Waals surface area (Å²) in [4.78, 5) is 28.1. The lowest BCUT2D eigenvalue weighted by Crippen LogP contribution is -2.28. The molecule has 5 nitrogen and oxygen atoms in total. The first-order valence-electron chi connectivity index (χ1n) is 7.59. The van der Waals surface area contributed by atoms with Crippen LogP contribution < -0.4 is 10.6 Å². The molecule has 1 heterocycles. The molecule has 7 heteroatoms. The third-order valence-electron chi connectivity index (χ3n) is 3.32. The fraction of sp³-hybridized carbons (Fsp3) is 0.167. The van der Waals surface area contributed by atoms with Gasteiger partial charge in [0.15, 0.2) is 0 Å². The summed E-state index contributed by atoms with van der Waals surface area (Å²) in [5.41, 5.74) is 1.24. The molecular formula is C18H17Cl2N3O2. The van der Waals surface area contributed by atoms with Crippen LogP contribution in [-0.4, -0.2) is 29.9 Å². The summed E-state index contributed by atoms with van der Waals surface area (Å²) in [6.45, 7) is 4.24. The molecule has 1 aromatic heterocycles. The smallest absolute Gasteiger partial charge is 0.270 e. The lowest BCUT2D eigenvalue weighted by molar-refractivity contribution is 0.0946. The molecule has 25 heavy (non-hydrogen) atoms. The van der Waals surface area contributed by atoms with Crippen molar-refractivity contribution in [2.75, 3.05) is 13.1 Å². The predicted molar refractivity (Wildman–Crippen MR) is 99.3 cm³/mol. The van der Waals surface area contributed by atoms with Crippen LogP contribution in [-0.2, 0) is 6.42 Å². The third kappa shape index (κ3) is 5.59. The SMILES string of the molecule is C=CCNC(=O)c1cccc(C(=O)NCCc2ccc(Cl)cc2Cl)n1. The lowest BCUT2D eigenvalue weighted by atomic mass is 10.1. The number of hydrogen-bond donors (Lipinski definition) is 2. The second-order valence-corrected chi connectivity index (χ2v) is 5.99. The summed E-state index contributed by atoms with van der Waals surface area (Å²) in [6.07, 6.45) is 2.12. The number of amides is 2. The Hall–Kier alpha value is -2.37. The van der Waals surface area contributed by atoms with Gasteiger partial charge in [-0.3, -0.25) is 9.59 Å². The van der Waals surface area contributed by atoms with E-state index in [2.05, 4.69) is 22.2 Å². The van der Waals surface area contributed by atoms with E-state index in [0.29, 0.717) is 29.6 Å². The third-order valence-corrected chi connectivity index (χ3v) is 3.90. The predicted octanol–water partition coefficient (Wildman–Crippen LogP) is 3.28. The number of halogens is 2. The highest BCUT2D eigenvalue weighted by molar-refractivity contribution is 6.35. The average molecular weight is 378 g/mol. The molecule has 0 radical (unpaired) electrons. The molecule has 0 unspecified atom stereocenters. The molecule has 0 atom stereocenters. The van der Waals surface area contributed by atoms with Gasteiger partial charge < -0.3 is 10.6 Å². The van der Waals surface area contributed by atoms with Gasteiger partial charge >= 0.3 is 0 Å². The van der Waals surface area contributed by atoms with Crippen LogP contribution in [0.2, 0.25) is 10.0 Å². The van der Waals surface area contributed by atoms with Gasteiger partial charge in [0.05, 0.1) is 0 Å². The summed E-state index contributed by atoms with van der Waals surface area (Å²) in [7, 11) is 0. The summed E-state index contributed by atoms with van der Waals surface area (Å²) in [5.74, 6) is -0.717. The van der Waals surface area contributed by atoms with E-state index in [9.17, 15) is 9.59 Å². The molecule has 2 N–H and O–H groups in total. The van der Waals surface area contributed by atoms with Crippen LogP contribution >= 0.6 is 23.2 Å². The molecule has 0 spiro atoms. The van der Waals surface area contributed by atoms with Crippen LogP contribution in [0.1, 0.15) is 26.5 Å². The molecule has 0 aliphatic heterocycles. The van der Waals surface area contributed by atoms with Crippen LogP contribution in [0.4, 0.5) is 0 Å². The Morgan fingerprint density at radius 2 is 1.76 bits per heavy atom. The van der Waals surface area contributed by atoms with Gasteiger partial charge in [-0.25, -0.2) is 4.98 Å². The Morgan fingerprint density at radius 3 is 2.40 bits per heavy atom. The Morgan fingerprint density at radius 1 is 1.08 bits per heavy atom. The second-order valence-electron chi connectivity index (χ2n) is 5.15. The van der Waals surface area contributed by atoms with Gasteiger partial charge in [0, 0.05) is 23.1 Å². The van der Waals surface area contributed by atoms with Crippen molar-refractivity contribution >= 4 is 35.0 Å². The Balaban J connectivity index is 1.94. The zero-order chi connectivity index (χ0) is 18.2. The van der Waals surface area contributed by atoms with Gasteiger partial charge in [-0.2, -0.15) is 0 Å². The van der Waals surface area contributed by atoms with Crippen molar-refractivity contribution in [1.29, 1.82) is 0 Å². The van der Waals surface area contributed by atoms with Crippen molar-refractivity contribution in [2.24, 2.45) is 0 Å². The van der Waals surface area contributed by atoms with E-state index in [0.717, 1.165) is 5.56 Å². The maximum atomic E-state index is 12.2. The number of rotatable bonds is 7. The van der Waals surface area contributed by atoms with E-state index < -0.39 is 0 Å². The van der Waals surface area contributed by atoms with E-state index in [1.165, 1.54) is 0 Å². The fourth-order valence-electron chi connectivity index (χ4n) is 2.07. The van der Waals surface area contributed by atoms with Crippen LogP contribution in [0.5, 0.6) is 0 Å². The molecule has 0 bridgehead atoms. The zero-order valence-corrected chi connectivity index (χ0v) is 14.9. The Labute approximate surface area is 156 Å². The van der Waals surface area contributed by atoms with Crippen molar-refractivity contribution in [1.82, 2.24) is 15.6 Å². The topological polar surface area (TPSA) is 71.1 Å². The van der Waals surface area contributed by atoms with Gasteiger partial charge in [0.2, 0.25) is 0 Å². The van der Waals surface area contributed by atoms with Gasteiger partial charge in [-0.05, 0) is 36.2 Å². The minimum absolute atomic E-state index is 0.174.